The Kier molecular flexibility index (Phi) is 4.02. The monoisotopic (exact) mass is 167 g/mol. The Bertz CT molecular complexity index is 150. The predicted molar refractivity (Wildman–Crippen MR) is 36.8 cm³/mol. The molecule has 7 heteroatoms. The lowest BCUT2D eigenvalue weighted by Crippen LogP contribution is -2.33. The molecule has 1 unspecified atom stereocenters. The molecule has 60 valence electrons. The van der Waals surface area contributed by atoms with Gasteiger partial charge in [-0.05, 0) is 0 Å². The largest absolute Gasteiger partial charge is 0.370 e. The average molecular weight is 167 g/mol. The van der Waals surface area contributed by atoms with Crippen molar-refractivity contribution in [3.05, 3.63) is 0 Å². The van der Waals surface area contributed by atoms with Crippen LogP contribution in [-0.4, -0.2) is 29.5 Å². The summed E-state index contributed by atoms with van der Waals surface area (Å²) in [5.74, 6) is -0.205. The van der Waals surface area contributed by atoms with Crippen LogP contribution in [0.25, 0.3) is 0 Å². The van der Waals surface area contributed by atoms with Crippen LogP contribution in [0.15, 0.2) is 0 Å². The van der Waals surface area contributed by atoms with Crippen molar-refractivity contribution in [2.75, 3.05) is 13.8 Å². The van der Waals surface area contributed by atoms with Crippen molar-refractivity contribution < 1.29 is 14.0 Å². The van der Waals surface area contributed by atoms with E-state index in [4.69, 9.17) is 16.0 Å². The minimum atomic E-state index is -2.91. The first-order chi connectivity index (χ1) is 4.54. The first kappa shape index (κ1) is 9.42. The second-order valence-electron chi connectivity index (χ2n) is 1.62. The van der Waals surface area contributed by atoms with E-state index in [-0.39, 0.29) is 12.7 Å². The fourth-order valence-electron chi connectivity index (χ4n) is 0.222. The van der Waals surface area contributed by atoms with E-state index >= 15 is 0 Å². The molecule has 0 aromatic carbocycles. The maximum absolute atomic E-state index is 9.95. The van der Waals surface area contributed by atoms with Gasteiger partial charge in [0.1, 0.15) is 6.73 Å². The third kappa shape index (κ3) is 4.31. The molecular weight excluding hydrogens is 157 g/mol. The summed E-state index contributed by atoms with van der Waals surface area (Å²) in [5.41, 5.74) is 4.98. The van der Waals surface area contributed by atoms with E-state index in [0.29, 0.717) is 0 Å². The highest BCUT2D eigenvalue weighted by Gasteiger charge is 1.99. The van der Waals surface area contributed by atoms with E-state index in [1.54, 1.807) is 0 Å². The summed E-state index contributed by atoms with van der Waals surface area (Å²) in [4.78, 5) is 9.36. The van der Waals surface area contributed by atoms with Gasteiger partial charge in [-0.2, -0.15) is 0 Å². The average Bonchev–Trinajstić information content (AvgIpc) is 1.82. The number of nitrogens with two attached hydrogens (primary N) is 1. The van der Waals surface area contributed by atoms with Crippen LogP contribution in [0.1, 0.15) is 0 Å². The Morgan fingerprint density at radius 2 is 2.50 bits per heavy atom. The molecule has 0 saturated carbocycles. The number of nitrogens with zero attached hydrogens (tertiary/aromatic N) is 1. The molecule has 0 saturated heterocycles. The number of nitrogens with one attached hydrogen (secondary N) is 1. The van der Waals surface area contributed by atoms with E-state index in [1.165, 1.54) is 11.9 Å². The molecule has 0 aliphatic rings. The molecule has 0 fully saturated rings. The molecule has 6 nitrogen and oxygen atoms in total. The Hall–Kier alpha value is -0.580. The topological polar surface area (TPSA) is 99.6 Å². The van der Waals surface area contributed by atoms with E-state index in [9.17, 15) is 4.57 Å². The molecule has 0 rings (SSSR count). The molecule has 0 aliphatic heterocycles. The summed E-state index contributed by atoms with van der Waals surface area (Å²) in [7, 11) is -1.43. The number of hydrogen-bond donors (Lipinski definition) is 3. The normalized spacial score (nSPS) is 12.6. The molecule has 4 N–H and O–H groups in total. The van der Waals surface area contributed by atoms with Gasteiger partial charge in [-0.25, -0.2) is 0 Å². The summed E-state index contributed by atoms with van der Waals surface area (Å²) in [6, 6.07) is 0. The zero-order valence-electron chi connectivity index (χ0n) is 5.50. The third-order valence-corrected chi connectivity index (χ3v) is 1.17. The van der Waals surface area contributed by atoms with Gasteiger partial charge in [-0.3, -0.25) is 14.5 Å². The summed E-state index contributed by atoms with van der Waals surface area (Å²) >= 11 is 0. The second-order valence-corrected chi connectivity index (χ2v) is 2.44. The fourth-order valence-corrected chi connectivity index (χ4v) is 0.526. The smallest absolute Gasteiger partial charge is 0.318 e. The van der Waals surface area contributed by atoms with Gasteiger partial charge in [-0.1, -0.05) is 0 Å². The van der Waals surface area contributed by atoms with Crippen molar-refractivity contribution in [2.45, 2.75) is 0 Å². The van der Waals surface area contributed by atoms with Gasteiger partial charge in [0, 0.05) is 7.05 Å². The van der Waals surface area contributed by atoms with Crippen molar-refractivity contribution in [1.82, 2.24) is 4.90 Å². The highest BCUT2D eigenvalue weighted by Crippen LogP contribution is 2.13. The van der Waals surface area contributed by atoms with E-state index < -0.39 is 8.25 Å². The maximum atomic E-state index is 9.95. The van der Waals surface area contributed by atoms with Crippen LogP contribution in [-0.2, 0) is 9.09 Å². The predicted octanol–water partition coefficient (Wildman–Crippen LogP) is -0.832. The van der Waals surface area contributed by atoms with Crippen LogP contribution < -0.4 is 5.73 Å². The zero-order valence-corrected chi connectivity index (χ0v) is 6.50. The van der Waals surface area contributed by atoms with E-state index in [0.717, 1.165) is 0 Å². The minimum absolute atomic E-state index is 0.135. The quantitative estimate of drug-likeness (QED) is 0.220. The van der Waals surface area contributed by atoms with Crippen LogP contribution in [0.5, 0.6) is 0 Å². The molecule has 0 aromatic rings. The standard InChI is InChI=1S/C3H10N3O3P/c1-6(3(4)5)2-9-10(7)8/h10H,2H2,1H3,(H3,4,5)(H,7,8). The highest BCUT2D eigenvalue weighted by atomic mass is 31.1. The Morgan fingerprint density at radius 1 is 2.00 bits per heavy atom. The van der Waals surface area contributed by atoms with Crippen LogP contribution in [0, 0.1) is 5.41 Å². The summed E-state index contributed by atoms with van der Waals surface area (Å²) in [6.45, 7) is -0.135. The Morgan fingerprint density at radius 3 is 2.80 bits per heavy atom. The molecule has 0 heterocycles. The number of guanidine groups is 1. The van der Waals surface area contributed by atoms with Gasteiger partial charge in [0.25, 0.3) is 0 Å². The molecule has 0 amide bonds. The lowest BCUT2D eigenvalue weighted by molar-refractivity contribution is 0.199. The molecule has 10 heavy (non-hydrogen) atoms. The van der Waals surface area contributed by atoms with E-state index in [2.05, 4.69) is 4.52 Å². The second kappa shape index (κ2) is 4.27. The van der Waals surface area contributed by atoms with E-state index in [1.807, 2.05) is 0 Å². The molecule has 1 atom stereocenters. The molecule has 0 radical (unpaired) electrons. The van der Waals surface area contributed by atoms with Gasteiger partial charge >= 0.3 is 8.25 Å². The van der Waals surface area contributed by atoms with Crippen molar-refractivity contribution in [2.24, 2.45) is 5.73 Å². The third-order valence-electron chi connectivity index (χ3n) is 0.793. The van der Waals surface area contributed by atoms with Crippen LogP contribution in [0.4, 0.5) is 0 Å². The molecule has 0 aliphatic carbocycles. The van der Waals surface area contributed by atoms with Crippen LogP contribution >= 0.6 is 8.25 Å². The lowest BCUT2D eigenvalue weighted by atomic mass is 10.8. The zero-order chi connectivity index (χ0) is 8.15. The molecular formula is C3H10N3O3P. The van der Waals surface area contributed by atoms with Crippen molar-refractivity contribution >= 4 is 14.2 Å². The number of rotatable bonds is 3. The van der Waals surface area contributed by atoms with Crippen molar-refractivity contribution in [3.63, 3.8) is 0 Å². The lowest BCUT2D eigenvalue weighted by Gasteiger charge is -2.14. The first-order valence-electron chi connectivity index (χ1n) is 2.45. The van der Waals surface area contributed by atoms with Gasteiger partial charge in [0.05, 0.1) is 0 Å². The first-order valence-corrected chi connectivity index (χ1v) is 3.71. The molecule has 0 bridgehead atoms. The van der Waals surface area contributed by atoms with Gasteiger partial charge in [-0.15, -0.1) is 0 Å². The maximum Gasteiger partial charge on any atom is 0.318 e. The minimum Gasteiger partial charge on any atom is -0.370 e. The highest BCUT2D eigenvalue weighted by molar-refractivity contribution is 7.32. The molecule has 0 aromatic heterocycles. The summed E-state index contributed by atoms with van der Waals surface area (Å²) in [6.07, 6.45) is 0. The fraction of sp³-hybridized carbons (Fsp3) is 0.667. The SMILES string of the molecule is CN(CO[PH](=O)O)C(=N)N. The van der Waals surface area contributed by atoms with Gasteiger partial charge < -0.3 is 15.5 Å². The summed E-state index contributed by atoms with van der Waals surface area (Å²) < 4.78 is 14.2. The molecule has 0 spiro atoms. The van der Waals surface area contributed by atoms with Crippen LogP contribution in [0.3, 0.4) is 0 Å². The van der Waals surface area contributed by atoms with Crippen molar-refractivity contribution in [1.29, 1.82) is 5.41 Å². The van der Waals surface area contributed by atoms with Crippen LogP contribution in [0.2, 0.25) is 0 Å². The Balaban J connectivity index is 3.49. The van der Waals surface area contributed by atoms with Crippen molar-refractivity contribution in [3.8, 4) is 0 Å². The Labute approximate surface area is 59.0 Å². The summed E-state index contributed by atoms with van der Waals surface area (Å²) in [5, 5.41) is 6.80. The van der Waals surface area contributed by atoms with Gasteiger partial charge in [0.2, 0.25) is 0 Å². The van der Waals surface area contributed by atoms with Gasteiger partial charge in [0.15, 0.2) is 5.96 Å². The number of hydrogen-bond acceptors (Lipinski definition) is 3.